The summed E-state index contributed by atoms with van der Waals surface area (Å²) in [7, 11) is 0. The van der Waals surface area contributed by atoms with E-state index in [-0.39, 0.29) is 0 Å². The molecule has 1 aliphatic carbocycles. The van der Waals surface area contributed by atoms with E-state index < -0.39 is 0 Å². The molecule has 0 saturated heterocycles. The number of para-hydroxylation sites is 2. The van der Waals surface area contributed by atoms with Crippen LogP contribution in [0, 0.1) is 0 Å². The molecular formula is C36H35N2O+. The summed E-state index contributed by atoms with van der Waals surface area (Å²) in [6.07, 6.45) is 5.54. The molecule has 0 radical (unpaired) electrons. The van der Waals surface area contributed by atoms with Crippen LogP contribution < -0.4 is 9.80 Å². The molecule has 0 saturated carbocycles. The molecule has 1 heterocycles. The zero-order chi connectivity index (χ0) is 26.6. The number of aryl methyl sites for hydroxylation is 1. The van der Waals surface area contributed by atoms with Crippen molar-refractivity contribution in [2.75, 3.05) is 22.9 Å². The molecule has 0 unspecified atom stereocenters. The maximum Gasteiger partial charge on any atom is 0.362 e. The van der Waals surface area contributed by atoms with Gasteiger partial charge in [0.2, 0.25) is 0 Å². The van der Waals surface area contributed by atoms with Crippen LogP contribution in [0.1, 0.15) is 43.6 Å². The van der Waals surface area contributed by atoms with Crippen LogP contribution >= 0.6 is 0 Å². The highest BCUT2D eigenvalue weighted by Gasteiger charge is 2.27. The van der Waals surface area contributed by atoms with Crippen molar-refractivity contribution in [3.8, 4) is 0 Å². The van der Waals surface area contributed by atoms with Crippen molar-refractivity contribution in [3.63, 3.8) is 0 Å². The van der Waals surface area contributed by atoms with Crippen molar-refractivity contribution in [1.82, 2.24) is 0 Å². The van der Waals surface area contributed by atoms with Gasteiger partial charge in [0.1, 0.15) is 0 Å². The quantitative estimate of drug-likeness (QED) is 0.202. The van der Waals surface area contributed by atoms with Gasteiger partial charge in [0, 0.05) is 35.8 Å². The van der Waals surface area contributed by atoms with Gasteiger partial charge in [0.25, 0.3) is 0 Å². The monoisotopic (exact) mass is 511 g/mol. The Labute approximate surface area is 231 Å². The smallest absolute Gasteiger partial charge is 0.362 e. The van der Waals surface area contributed by atoms with Crippen LogP contribution in [0.4, 0.5) is 22.7 Å². The van der Waals surface area contributed by atoms with Crippen LogP contribution in [-0.4, -0.2) is 13.1 Å². The fourth-order valence-electron chi connectivity index (χ4n) is 5.65. The molecule has 0 bridgehead atoms. The second kappa shape index (κ2) is 11.2. The van der Waals surface area contributed by atoms with Crippen molar-refractivity contribution in [2.24, 2.45) is 0 Å². The lowest BCUT2D eigenvalue weighted by atomic mass is 9.90. The molecule has 39 heavy (non-hydrogen) atoms. The standard InChI is InChI=1S/C36H35N2O/c1-3-37(4-2)34-23-20-28-25-30-13-11-12-29(36(30)39-35(28)26-34)24-27-18-21-33(22-19-27)38(31-14-7-5-8-15-31)32-16-9-6-10-17-32/h5-10,14-26H,3-4,11-13H2,1-2H3/q+1/b29-24+. The Kier molecular flexibility index (Phi) is 7.14. The van der Waals surface area contributed by atoms with E-state index in [9.17, 15) is 0 Å². The summed E-state index contributed by atoms with van der Waals surface area (Å²) in [4.78, 5) is 4.66. The molecule has 0 atom stereocenters. The Bertz CT molecular complexity index is 1550. The topological polar surface area (TPSA) is 17.8 Å². The number of anilines is 4. The Balaban J connectivity index is 1.35. The van der Waals surface area contributed by atoms with Gasteiger partial charge in [-0.3, -0.25) is 0 Å². The third-order valence-corrected chi connectivity index (χ3v) is 7.66. The summed E-state index contributed by atoms with van der Waals surface area (Å²) >= 11 is 0. The molecule has 3 nitrogen and oxygen atoms in total. The molecule has 0 aliphatic heterocycles. The largest absolute Gasteiger partial charge is 0.372 e. The average molecular weight is 512 g/mol. The van der Waals surface area contributed by atoms with Crippen LogP contribution in [0.25, 0.3) is 22.6 Å². The minimum absolute atomic E-state index is 0.961. The van der Waals surface area contributed by atoms with E-state index in [0.717, 1.165) is 60.8 Å². The second-order valence-electron chi connectivity index (χ2n) is 10.1. The first-order valence-corrected chi connectivity index (χ1v) is 14.1. The highest BCUT2D eigenvalue weighted by molar-refractivity contribution is 5.87. The van der Waals surface area contributed by atoms with Crippen molar-refractivity contribution >= 4 is 45.4 Å². The summed E-state index contributed by atoms with van der Waals surface area (Å²) in [6, 6.07) is 38.9. The summed E-state index contributed by atoms with van der Waals surface area (Å²) in [6.45, 7) is 6.37. The lowest BCUT2D eigenvalue weighted by molar-refractivity contribution is 0.561. The minimum Gasteiger partial charge on any atom is -0.372 e. The van der Waals surface area contributed by atoms with Crippen molar-refractivity contribution in [3.05, 3.63) is 126 Å². The first-order valence-electron chi connectivity index (χ1n) is 14.1. The van der Waals surface area contributed by atoms with E-state index in [0.29, 0.717) is 0 Å². The number of benzene rings is 4. The maximum absolute atomic E-state index is 6.62. The first kappa shape index (κ1) is 24.9. The Morgan fingerprint density at radius 2 is 1.28 bits per heavy atom. The van der Waals surface area contributed by atoms with Gasteiger partial charge in [0.05, 0.1) is 22.6 Å². The van der Waals surface area contributed by atoms with Crippen molar-refractivity contribution in [2.45, 2.75) is 33.1 Å². The van der Waals surface area contributed by atoms with E-state index >= 15 is 0 Å². The first-order chi connectivity index (χ1) is 19.2. The van der Waals surface area contributed by atoms with Crippen molar-refractivity contribution in [1.29, 1.82) is 0 Å². The molecular weight excluding hydrogens is 476 g/mol. The van der Waals surface area contributed by atoms with E-state index in [1.54, 1.807) is 0 Å². The highest BCUT2D eigenvalue weighted by atomic mass is 16.3. The molecule has 1 aliphatic rings. The van der Waals surface area contributed by atoms with Gasteiger partial charge in [0.15, 0.2) is 0 Å². The van der Waals surface area contributed by atoms with Crippen molar-refractivity contribution < 1.29 is 4.42 Å². The van der Waals surface area contributed by atoms with Crippen LogP contribution in [-0.2, 0) is 6.42 Å². The average Bonchev–Trinajstić information content (AvgIpc) is 2.99. The van der Waals surface area contributed by atoms with Crippen LogP contribution in [0.15, 0.2) is 114 Å². The number of allylic oxidation sites excluding steroid dienone is 1. The fourth-order valence-corrected chi connectivity index (χ4v) is 5.65. The Morgan fingerprint density at radius 3 is 1.92 bits per heavy atom. The van der Waals surface area contributed by atoms with Gasteiger partial charge in [-0.05, 0) is 99.3 Å². The van der Waals surface area contributed by atoms with Gasteiger partial charge in [-0.1, -0.05) is 48.5 Å². The molecule has 6 rings (SSSR count). The molecule has 0 spiro atoms. The summed E-state index contributed by atoms with van der Waals surface area (Å²) < 4.78 is 6.62. The highest BCUT2D eigenvalue weighted by Crippen LogP contribution is 2.37. The van der Waals surface area contributed by atoms with E-state index in [1.165, 1.54) is 27.8 Å². The molecule has 3 heteroatoms. The Hall–Kier alpha value is -4.37. The number of nitrogens with zero attached hydrogens (tertiary/aromatic N) is 2. The predicted octanol–water partition coefficient (Wildman–Crippen LogP) is 9.91. The van der Waals surface area contributed by atoms with Crippen LogP contribution in [0.5, 0.6) is 0 Å². The predicted molar refractivity (Wildman–Crippen MR) is 166 cm³/mol. The fraction of sp³-hybridized carbons (Fsp3) is 0.194. The third kappa shape index (κ3) is 5.18. The second-order valence-corrected chi connectivity index (χ2v) is 10.1. The summed E-state index contributed by atoms with van der Waals surface area (Å²) in [5, 5.41) is 1.18. The van der Waals surface area contributed by atoms with Gasteiger partial charge in [-0.15, -0.1) is 0 Å². The molecule has 0 amide bonds. The lowest BCUT2D eigenvalue weighted by Crippen LogP contribution is -2.21. The molecule has 0 N–H and O–H groups in total. The molecule has 5 aromatic rings. The number of fused-ring (bicyclic) bond motifs is 2. The SMILES string of the molecule is CCN(CC)c1ccc2cc3c([o+]c2c1)/C(=C/c1ccc(N(c2ccccc2)c2ccccc2)cc1)CCC3. The number of hydrogen-bond acceptors (Lipinski definition) is 2. The van der Waals surface area contributed by atoms with Gasteiger partial charge >= 0.3 is 11.3 Å². The zero-order valence-electron chi connectivity index (χ0n) is 22.8. The molecule has 0 fully saturated rings. The summed E-state index contributed by atoms with van der Waals surface area (Å²) in [5.41, 5.74) is 9.38. The van der Waals surface area contributed by atoms with Gasteiger partial charge in [-0.2, -0.15) is 0 Å². The van der Waals surface area contributed by atoms with E-state index in [2.05, 4.69) is 139 Å². The van der Waals surface area contributed by atoms with Gasteiger partial charge < -0.3 is 9.80 Å². The molecule has 4 aromatic carbocycles. The molecule has 1 aromatic heterocycles. The third-order valence-electron chi connectivity index (χ3n) is 7.66. The zero-order valence-corrected chi connectivity index (χ0v) is 22.8. The minimum atomic E-state index is 0.961. The lowest BCUT2D eigenvalue weighted by Gasteiger charge is -2.25. The Morgan fingerprint density at radius 1 is 0.667 bits per heavy atom. The van der Waals surface area contributed by atoms with Gasteiger partial charge in [-0.25, -0.2) is 4.42 Å². The number of hydrogen-bond donors (Lipinski definition) is 0. The van der Waals surface area contributed by atoms with E-state index in [1.807, 2.05) is 0 Å². The number of rotatable bonds is 7. The van der Waals surface area contributed by atoms with E-state index in [4.69, 9.17) is 4.42 Å². The normalized spacial score (nSPS) is 13.8. The van der Waals surface area contributed by atoms with Crippen LogP contribution in [0.2, 0.25) is 0 Å². The van der Waals surface area contributed by atoms with Crippen LogP contribution in [0.3, 0.4) is 0 Å². The molecule has 194 valence electrons. The summed E-state index contributed by atoms with van der Waals surface area (Å²) in [5.74, 6) is 1.05. The maximum atomic E-state index is 6.62.